The molecule has 0 aromatic heterocycles. The number of nitrogens with zero attached hydrogens (tertiary/aromatic N) is 1. The first-order valence-electron chi connectivity index (χ1n) is 9.66. The summed E-state index contributed by atoms with van der Waals surface area (Å²) in [6.07, 6.45) is -1.58. The molecule has 9 heteroatoms. The Morgan fingerprint density at radius 2 is 1.87 bits per heavy atom. The van der Waals surface area contributed by atoms with E-state index in [0.717, 1.165) is 31.4 Å². The summed E-state index contributed by atoms with van der Waals surface area (Å²) in [5.41, 5.74) is 0.287. The first-order chi connectivity index (χ1) is 14.3. The average Bonchev–Trinajstić information content (AvgIpc) is 2.73. The van der Waals surface area contributed by atoms with E-state index in [9.17, 15) is 22.8 Å². The van der Waals surface area contributed by atoms with E-state index in [1.807, 2.05) is 4.90 Å². The molecule has 4 rings (SSSR count). The number of carbonyl (C=O) groups is 2. The number of piperidine rings is 1. The van der Waals surface area contributed by atoms with Gasteiger partial charge in [0.15, 0.2) is 12.4 Å². The van der Waals surface area contributed by atoms with Crippen molar-refractivity contribution in [2.75, 3.05) is 35.2 Å². The molecule has 30 heavy (non-hydrogen) atoms. The maximum absolute atomic E-state index is 13.3. The Labute approximate surface area is 171 Å². The Hall–Kier alpha value is -3.23. The minimum Gasteiger partial charge on any atom is -0.481 e. The zero-order chi connectivity index (χ0) is 21.3. The highest BCUT2D eigenvalue weighted by Crippen LogP contribution is 2.37. The van der Waals surface area contributed by atoms with E-state index in [-0.39, 0.29) is 29.5 Å². The second-order valence-corrected chi connectivity index (χ2v) is 7.25. The number of hydrogen-bond acceptors (Lipinski definition) is 4. The Balaban J connectivity index is 1.68. The number of alkyl halides is 3. The zero-order valence-electron chi connectivity index (χ0n) is 16.0. The third-order valence-electron chi connectivity index (χ3n) is 5.15. The van der Waals surface area contributed by atoms with Gasteiger partial charge in [0.1, 0.15) is 0 Å². The largest absolute Gasteiger partial charge is 0.481 e. The Morgan fingerprint density at radius 3 is 2.60 bits per heavy atom. The van der Waals surface area contributed by atoms with Gasteiger partial charge in [-0.15, -0.1) is 0 Å². The molecule has 1 fully saturated rings. The molecule has 6 nitrogen and oxygen atoms in total. The van der Waals surface area contributed by atoms with Crippen molar-refractivity contribution in [2.45, 2.75) is 25.4 Å². The van der Waals surface area contributed by atoms with Crippen LogP contribution in [-0.4, -0.2) is 31.5 Å². The number of para-hydroxylation sites is 1. The number of amides is 2. The second-order valence-electron chi connectivity index (χ2n) is 7.25. The number of benzene rings is 2. The van der Waals surface area contributed by atoms with Crippen LogP contribution in [-0.2, 0) is 11.0 Å². The zero-order valence-corrected chi connectivity index (χ0v) is 16.0. The van der Waals surface area contributed by atoms with Crippen molar-refractivity contribution in [3.63, 3.8) is 0 Å². The predicted molar refractivity (Wildman–Crippen MR) is 106 cm³/mol. The summed E-state index contributed by atoms with van der Waals surface area (Å²) in [7, 11) is 0. The van der Waals surface area contributed by atoms with Gasteiger partial charge in [0.05, 0.1) is 28.2 Å². The fourth-order valence-corrected chi connectivity index (χ4v) is 3.71. The lowest BCUT2D eigenvalue weighted by atomic mass is 10.1. The van der Waals surface area contributed by atoms with Crippen LogP contribution in [0.5, 0.6) is 5.75 Å². The summed E-state index contributed by atoms with van der Waals surface area (Å²) in [5, 5.41) is 5.23. The van der Waals surface area contributed by atoms with Gasteiger partial charge < -0.3 is 20.3 Å². The van der Waals surface area contributed by atoms with Crippen molar-refractivity contribution in [3.8, 4) is 5.75 Å². The molecule has 0 unspecified atom stereocenters. The summed E-state index contributed by atoms with van der Waals surface area (Å²) >= 11 is 0. The minimum atomic E-state index is -4.53. The molecule has 2 aliphatic heterocycles. The third kappa shape index (κ3) is 4.05. The number of nitrogens with one attached hydrogen (secondary N) is 2. The van der Waals surface area contributed by atoms with Crippen LogP contribution in [0.2, 0.25) is 0 Å². The molecule has 2 amide bonds. The molecule has 0 saturated carbocycles. The summed E-state index contributed by atoms with van der Waals surface area (Å²) in [6.45, 7) is 1.19. The van der Waals surface area contributed by atoms with Gasteiger partial charge in [-0.2, -0.15) is 13.2 Å². The fourth-order valence-electron chi connectivity index (χ4n) is 3.71. The molecule has 158 valence electrons. The van der Waals surface area contributed by atoms with Crippen molar-refractivity contribution in [2.24, 2.45) is 0 Å². The van der Waals surface area contributed by atoms with E-state index in [0.29, 0.717) is 24.5 Å². The van der Waals surface area contributed by atoms with Crippen LogP contribution in [0.1, 0.15) is 35.2 Å². The highest BCUT2D eigenvalue weighted by atomic mass is 19.4. The summed E-state index contributed by atoms with van der Waals surface area (Å²) in [6, 6.07) is 8.05. The molecule has 0 atom stereocenters. The van der Waals surface area contributed by atoms with Gasteiger partial charge in [0.25, 0.3) is 11.8 Å². The maximum Gasteiger partial charge on any atom is 0.416 e. The smallest absolute Gasteiger partial charge is 0.416 e. The van der Waals surface area contributed by atoms with Gasteiger partial charge in [0.2, 0.25) is 0 Å². The van der Waals surface area contributed by atoms with Gasteiger partial charge in [-0.25, -0.2) is 0 Å². The number of anilines is 3. The van der Waals surface area contributed by atoms with Crippen LogP contribution < -0.4 is 20.3 Å². The van der Waals surface area contributed by atoms with Crippen LogP contribution in [0.25, 0.3) is 0 Å². The minimum absolute atomic E-state index is 0.0918. The van der Waals surface area contributed by atoms with Crippen LogP contribution in [0, 0.1) is 0 Å². The number of fused-ring (bicyclic) bond motifs is 1. The molecule has 0 spiro atoms. The molecule has 0 aliphatic carbocycles. The van der Waals surface area contributed by atoms with Crippen LogP contribution in [0.15, 0.2) is 36.4 Å². The van der Waals surface area contributed by atoms with Crippen molar-refractivity contribution < 1.29 is 27.5 Å². The van der Waals surface area contributed by atoms with E-state index in [4.69, 9.17) is 4.74 Å². The Bertz CT molecular complexity index is 985. The highest BCUT2D eigenvalue weighted by Gasteiger charge is 2.32. The lowest BCUT2D eigenvalue weighted by Crippen LogP contribution is -2.31. The Morgan fingerprint density at radius 1 is 1.10 bits per heavy atom. The van der Waals surface area contributed by atoms with Crippen molar-refractivity contribution in [1.82, 2.24) is 0 Å². The van der Waals surface area contributed by atoms with Gasteiger partial charge in [-0.05, 0) is 49.6 Å². The number of carbonyl (C=O) groups excluding carboxylic acids is 2. The molecule has 2 aromatic carbocycles. The number of halogens is 3. The van der Waals surface area contributed by atoms with Crippen LogP contribution >= 0.6 is 0 Å². The first-order valence-corrected chi connectivity index (χ1v) is 9.66. The van der Waals surface area contributed by atoms with E-state index in [1.54, 1.807) is 12.1 Å². The monoisotopic (exact) mass is 419 g/mol. The molecule has 1 saturated heterocycles. The van der Waals surface area contributed by atoms with Crippen molar-refractivity contribution in [3.05, 3.63) is 47.5 Å². The fraction of sp³-hybridized carbons (Fsp3) is 0.333. The second kappa shape index (κ2) is 7.89. The Kier molecular flexibility index (Phi) is 5.27. The molecular formula is C21H20F3N3O3. The summed E-state index contributed by atoms with van der Waals surface area (Å²) < 4.78 is 45.2. The number of rotatable bonds is 3. The maximum atomic E-state index is 13.3. The lowest BCUT2D eigenvalue weighted by molar-refractivity contribution is -0.137. The van der Waals surface area contributed by atoms with Crippen LogP contribution in [0.3, 0.4) is 0 Å². The summed E-state index contributed by atoms with van der Waals surface area (Å²) in [4.78, 5) is 26.4. The lowest BCUT2D eigenvalue weighted by Gasteiger charge is -2.31. The normalized spacial score (nSPS) is 16.4. The molecule has 2 N–H and O–H groups in total. The number of ether oxygens (including phenoxy) is 1. The molecule has 2 aliphatic rings. The van der Waals surface area contributed by atoms with Crippen molar-refractivity contribution in [1.29, 1.82) is 0 Å². The molecule has 0 radical (unpaired) electrons. The molecular weight excluding hydrogens is 399 g/mol. The van der Waals surface area contributed by atoms with Gasteiger partial charge in [0, 0.05) is 13.1 Å². The third-order valence-corrected chi connectivity index (χ3v) is 5.15. The number of hydrogen-bond donors (Lipinski definition) is 2. The van der Waals surface area contributed by atoms with Crippen LogP contribution in [0.4, 0.5) is 30.2 Å². The SMILES string of the molecule is O=C1COc2c(cccc2C(=O)Nc2cc(C(F)(F)F)ccc2N2CCCCC2)N1. The van der Waals surface area contributed by atoms with Gasteiger partial charge in [-0.1, -0.05) is 6.07 Å². The topological polar surface area (TPSA) is 70.7 Å². The quantitative estimate of drug-likeness (QED) is 0.779. The van der Waals surface area contributed by atoms with E-state index in [1.165, 1.54) is 12.1 Å². The van der Waals surface area contributed by atoms with E-state index >= 15 is 0 Å². The van der Waals surface area contributed by atoms with E-state index < -0.39 is 17.6 Å². The van der Waals surface area contributed by atoms with E-state index in [2.05, 4.69) is 10.6 Å². The molecule has 2 heterocycles. The standard InChI is InChI=1S/C21H20F3N3O3/c22-21(23,24)13-7-8-17(27-9-2-1-3-10-27)16(11-13)26-20(29)14-5-4-6-15-19(14)30-12-18(28)25-15/h4-8,11H,1-3,9-10,12H2,(H,25,28)(H,26,29). The van der Waals surface area contributed by atoms with Gasteiger partial charge in [-0.3, -0.25) is 9.59 Å². The first kappa shape index (κ1) is 20.1. The average molecular weight is 419 g/mol. The predicted octanol–water partition coefficient (Wildman–Crippen LogP) is 4.28. The molecule has 0 bridgehead atoms. The summed E-state index contributed by atoms with van der Waals surface area (Å²) in [5.74, 6) is -0.757. The highest BCUT2D eigenvalue weighted by molar-refractivity contribution is 6.10. The van der Waals surface area contributed by atoms with Gasteiger partial charge >= 0.3 is 6.18 Å². The van der Waals surface area contributed by atoms with Crippen molar-refractivity contribution >= 4 is 28.9 Å². The molecule has 2 aromatic rings.